The molecular weight excluding hydrogens is 230 g/mol. The van der Waals surface area contributed by atoms with Gasteiger partial charge in [-0.05, 0) is 17.5 Å². The molecule has 2 heterocycles. The molecule has 92 valence electrons. The van der Waals surface area contributed by atoms with Crippen molar-refractivity contribution in [2.75, 3.05) is 13.2 Å². The molecule has 0 aliphatic carbocycles. The second kappa shape index (κ2) is 4.29. The lowest BCUT2D eigenvalue weighted by atomic mass is 10.00. The molecule has 0 spiro atoms. The second-order valence-corrected chi connectivity index (χ2v) is 4.49. The van der Waals surface area contributed by atoms with Crippen LogP contribution in [0.5, 0.6) is 0 Å². The number of aldehydes is 1. The monoisotopic (exact) mass is 243 g/mol. The van der Waals surface area contributed by atoms with Crippen LogP contribution < -0.4 is 0 Å². The molecule has 1 aromatic rings. The maximum atomic E-state index is 11.5. The molecule has 3 rings (SSSR count). The van der Waals surface area contributed by atoms with Crippen molar-refractivity contribution < 1.29 is 14.3 Å². The summed E-state index contributed by atoms with van der Waals surface area (Å²) in [5.74, 6) is 0.225. The molecule has 0 saturated heterocycles. The lowest BCUT2D eigenvalue weighted by Crippen LogP contribution is -2.30. The van der Waals surface area contributed by atoms with E-state index in [1.807, 2.05) is 17.0 Å². The van der Waals surface area contributed by atoms with E-state index in [0.29, 0.717) is 18.7 Å². The Morgan fingerprint density at radius 3 is 2.78 bits per heavy atom. The molecule has 0 radical (unpaired) electrons. The standard InChI is InChI=1S/C14H13NO3/c16-8-12-13(17)9-18-14(12)15-6-5-10-3-1-2-4-11(10)7-15/h1-4,8H,5-7,9H2. The van der Waals surface area contributed by atoms with Gasteiger partial charge in [-0.3, -0.25) is 9.59 Å². The number of carbonyl (C=O) groups excluding carboxylic acids is 2. The van der Waals surface area contributed by atoms with Crippen molar-refractivity contribution in [2.45, 2.75) is 13.0 Å². The zero-order valence-corrected chi connectivity index (χ0v) is 9.89. The minimum atomic E-state index is -0.223. The van der Waals surface area contributed by atoms with Crippen LogP contribution in [-0.4, -0.2) is 30.1 Å². The molecular formula is C14H13NO3. The highest BCUT2D eigenvalue weighted by Crippen LogP contribution is 2.26. The Hall–Kier alpha value is -2.10. The molecule has 0 aromatic heterocycles. The largest absolute Gasteiger partial charge is 0.470 e. The highest BCUT2D eigenvalue weighted by atomic mass is 16.5. The Morgan fingerprint density at radius 2 is 2.00 bits per heavy atom. The topological polar surface area (TPSA) is 46.6 Å². The van der Waals surface area contributed by atoms with E-state index >= 15 is 0 Å². The third-order valence-corrected chi connectivity index (χ3v) is 3.41. The Kier molecular flexibility index (Phi) is 2.63. The molecule has 0 N–H and O–H groups in total. The molecule has 4 nitrogen and oxygen atoms in total. The van der Waals surface area contributed by atoms with E-state index in [4.69, 9.17) is 4.74 Å². The van der Waals surface area contributed by atoms with Crippen LogP contribution in [0.3, 0.4) is 0 Å². The molecule has 4 heteroatoms. The second-order valence-electron chi connectivity index (χ2n) is 4.49. The molecule has 2 aliphatic rings. The van der Waals surface area contributed by atoms with Crippen molar-refractivity contribution in [1.29, 1.82) is 0 Å². The summed E-state index contributed by atoms with van der Waals surface area (Å²) in [7, 11) is 0. The van der Waals surface area contributed by atoms with Gasteiger partial charge >= 0.3 is 0 Å². The normalized spacial score (nSPS) is 18.7. The number of hydrogen-bond acceptors (Lipinski definition) is 4. The fourth-order valence-electron chi connectivity index (χ4n) is 2.46. The van der Waals surface area contributed by atoms with Crippen molar-refractivity contribution in [3.63, 3.8) is 0 Å². The van der Waals surface area contributed by atoms with Gasteiger partial charge in [-0.25, -0.2) is 0 Å². The maximum absolute atomic E-state index is 11.5. The van der Waals surface area contributed by atoms with Crippen LogP contribution in [0.2, 0.25) is 0 Å². The van der Waals surface area contributed by atoms with Crippen molar-refractivity contribution in [3.8, 4) is 0 Å². The summed E-state index contributed by atoms with van der Waals surface area (Å²) >= 11 is 0. The number of Topliss-reactive ketones (excluding diaryl/α,β-unsaturated/α-hetero) is 1. The predicted molar refractivity (Wildman–Crippen MR) is 64.6 cm³/mol. The van der Waals surface area contributed by atoms with E-state index in [1.54, 1.807) is 0 Å². The molecule has 0 bridgehead atoms. The third kappa shape index (κ3) is 1.70. The van der Waals surface area contributed by atoms with Gasteiger partial charge in [0.05, 0.1) is 0 Å². The summed E-state index contributed by atoms with van der Waals surface area (Å²) in [5, 5.41) is 0. The van der Waals surface area contributed by atoms with E-state index in [1.165, 1.54) is 11.1 Å². The lowest BCUT2D eigenvalue weighted by molar-refractivity contribution is -0.118. The summed E-state index contributed by atoms with van der Waals surface area (Å²) in [6.07, 6.45) is 1.51. The number of carbonyl (C=O) groups is 2. The number of nitrogens with zero attached hydrogens (tertiary/aromatic N) is 1. The van der Waals surface area contributed by atoms with Crippen LogP contribution in [0.1, 0.15) is 11.1 Å². The molecule has 0 amide bonds. The van der Waals surface area contributed by atoms with E-state index in [-0.39, 0.29) is 18.0 Å². The molecule has 18 heavy (non-hydrogen) atoms. The summed E-state index contributed by atoms with van der Waals surface area (Å²) in [4.78, 5) is 24.4. The molecule has 0 unspecified atom stereocenters. The Balaban J connectivity index is 1.91. The molecule has 1 aromatic carbocycles. The van der Waals surface area contributed by atoms with E-state index in [2.05, 4.69) is 12.1 Å². The minimum Gasteiger partial charge on any atom is -0.470 e. The first-order valence-electron chi connectivity index (χ1n) is 5.97. The first-order chi connectivity index (χ1) is 8.79. The Bertz CT molecular complexity index is 548. The van der Waals surface area contributed by atoms with E-state index in [0.717, 1.165) is 13.0 Å². The summed E-state index contributed by atoms with van der Waals surface area (Å²) in [6, 6.07) is 8.21. The highest BCUT2D eigenvalue weighted by molar-refractivity contribution is 6.14. The van der Waals surface area contributed by atoms with Crippen molar-refractivity contribution >= 4 is 12.1 Å². The molecule has 2 aliphatic heterocycles. The molecule has 0 saturated carbocycles. The molecule has 0 fully saturated rings. The number of benzene rings is 1. The summed E-state index contributed by atoms with van der Waals surface area (Å²) in [6.45, 7) is 1.45. The fourth-order valence-corrected chi connectivity index (χ4v) is 2.46. The maximum Gasteiger partial charge on any atom is 0.208 e. The van der Waals surface area contributed by atoms with Crippen LogP contribution in [0, 0.1) is 0 Å². The average Bonchev–Trinajstić information content (AvgIpc) is 2.79. The van der Waals surface area contributed by atoms with Gasteiger partial charge in [0.15, 0.2) is 12.9 Å². The SMILES string of the molecule is O=CC1=C(N2CCc3ccccc3C2)OCC1=O. The van der Waals surface area contributed by atoms with Crippen LogP contribution in [0.4, 0.5) is 0 Å². The Morgan fingerprint density at radius 1 is 1.22 bits per heavy atom. The van der Waals surface area contributed by atoms with Crippen molar-refractivity contribution in [2.24, 2.45) is 0 Å². The van der Waals surface area contributed by atoms with Crippen molar-refractivity contribution in [1.82, 2.24) is 4.90 Å². The molecule has 0 atom stereocenters. The lowest BCUT2D eigenvalue weighted by Gasteiger charge is -2.30. The van der Waals surface area contributed by atoms with Gasteiger partial charge < -0.3 is 9.64 Å². The number of rotatable bonds is 2. The van der Waals surface area contributed by atoms with Gasteiger partial charge in [-0.15, -0.1) is 0 Å². The summed E-state index contributed by atoms with van der Waals surface area (Å²) in [5.41, 5.74) is 2.73. The number of hydrogen-bond donors (Lipinski definition) is 0. The zero-order valence-electron chi connectivity index (χ0n) is 9.89. The highest BCUT2D eigenvalue weighted by Gasteiger charge is 2.30. The minimum absolute atomic E-state index is 0.0123. The first kappa shape index (κ1) is 11.0. The van der Waals surface area contributed by atoms with Crippen LogP contribution in [0.15, 0.2) is 35.7 Å². The van der Waals surface area contributed by atoms with Gasteiger partial charge in [-0.1, -0.05) is 24.3 Å². The van der Waals surface area contributed by atoms with Gasteiger partial charge in [-0.2, -0.15) is 0 Å². The Labute approximate surface area is 105 Å². The summed E-state index contributed by atoms with van der Waals surface area (Å²) < 4.78 is 5.35. The fraction of sp³-hybridized carbons (Fsp3) is 0.286. The number of fused-ring (bicyclic) bond motifs is 1. The van der Waals surface area contributed by atoms with E-state index in [9.17, 15) is 9.59 Å². The van der Waals surface area contributed by atoms with Crippen LogP contribution >= 0.6 is 0 Å². The smallest absolute Gasteiger partial charge is 0.208 e. The first-order valence-corrected chi connectivity index (χ1v) is 5.97. The van der Waals surface area contributed by atoms with Gasteiger partial charge in [0.25, 0.3) is 0 Å². The predicted octanol–water partition coefficient (Wildman–Crippen LogP) is 1.05. The van der Waals surface area contributed by atoms with Gasteiger partial charge in [0, 0.05) is 13.1 Å². The average molecular weight is 243 g/mol. The number of ether oxygens (including phenoxy) is 1. The van der Waals surface area contributed by atoms with Crippen LogP contribution in [0.25, 0.3) is 0 Å². The van der Waals surface area contributed by atoms with Gasteiger partial charge in [0.1, 0.15) is 5.57 Å². The third-order valence-electron chi connectivity index (χ3n) is 3.41. The van der Waals surface area contributed by atoms with Crippen molar-refractivity contribution in [3.05, 3.63) is 46.8 Å². The number of ketones is 1. The van der Waals surface area contributed by atoms with E-state index < -0.39 is 0 Å². The van der Waals surface area contributed by atoms with Gasteiger partial charge in [0.2, 0.25) is 11.7 Å². The zero-order chi connectivity index (χ0) is 12.5. The quantitative estimate of drug-likeness (QED) is 0.575. The van der Waals surface area contributed by atoms with Crippen LogP contribution in [-0.2, 0) is 27.3 Å².